The predicted octanol–water partition coefficient (Wildman–Crippen LogP) is 4.78. The number of carbonyl (C=O) groups is 1. The Hall–Kier alpha value is -1.51. The fourth-order valence-corrected chi connectivity index (χ4v) is 2.01. The van der Waals surface area contributed by atoms with Gasteiger partial charge in [0.2, 0.25) is 0 Å². The second kappa shape index (κ2) is 7.32. The fourth-order valence-electron chi connectivity index (χ4n) is 1.76. The van der Waals surface area contributed by atoms with Crippen molar-refractivity contribution >= 4 is 29.2 Å². The van der Waals surface area contributed by atoms with Gasteiger partial charge in [0.05, 0.1) is 12.2 Å². The lowest BCUT2D eigenvalue weighted by molar-refractivity contribution is 0.0500. The smallest absolute Gasteiger partial charge is 0.338 e. The first-order valence-electron chi connectivity index (χ1n) is 6.32. The van der Waals surface area contributed by atoms with Gasteiger partial charge in [-0.2, -0.15) is 0 Å². The SMILES string of the molecule is O=C(OCCCc1ccc(Cl)cc1)c1ccc(Cl)cc1. The lowest BCUT2D eigenvalue weighted by Gasteiger charge is -2.05. The number of aryl methyl sites for hydroxylation is 1. The van der Waals surface area contributed by atoms with Crippen molar-refractivity contribution in [2.24, 2.45) is 0 Å². The fraction of sp³-hybridized carbons (Fsp3) is 0.188. The summed E-state index contributed by atoms with van der Waals surface area (Å²) in [6, 6.07) is 14.3. The first-order valence-corrected chi connectivity index (χ1v) is 7.08. The monoisotopic (exact) mass is 308 g/mol. The van der Waals surface area contributed by atoms with E-state index in [-0.39, 0.29) is 5.97 Å². The number of hydrogen-bond donors (Lipinski definition) is 0. The van der Waals surface area contributed by atoms with Crippen molar-refractivity contribution in [3.05, 3.63) is 69.7 Å². The Bertz CT molecular complexity index is 562. The van der Waals surface area contributed by atoms with Crippen molar-refractivity contribution in [2.75, 3.05) is 6.61 Å². The second-order valence-electron chi connectivity index (χ2n) is 4.37. The molecule has 104 valence electrons. The molecule has 0 aliphatic rings. The minimum absolute atomic E-state index is 0.322. The van der Waals surface area contributed by atoms with Gasteiger partial charge in [-0.1, -0.05) is 35.3 Å². The van der Waals surface area contributed by atoms with E-state index in [4.69, 9.17) is 27.9 Å². The van der Waals surface area contributed by atoms with Crippen molar-refractivity contribution in [3.63, 3.8) is 0 Å². The van der Waals surface area contributed by atoms with E-state index in [1.54, 1.807) is 24.3 Å². The Morgan fingerprint density at radius 3 is 2.05 bits per heavy atom. The summed E-state index contributed by atoms with van der Waals surface area (Å²) in [7, 11) is 0. The molecule has 0 N–H and O–H groups in total. The molecule has 0 heterocycles. The quantitative estimate of drug-likeness (QED) is 0.587. The molecule has 4 heteroatoms. The Balaban J connectivity index is 1.74. The van der Waals surface area contributed by atoms with Gasteiger partial charge in [0.1, 0.15) is 0 Å². The first kappa shape index (κ1) is 14.9. The van der Waals surface area contributed by atoms with Crippen molar-refractivity contribution in [3.8, 4) is 0 Å². The van der Waals surface area contributed by atoms with Crippen LogP contribution < -0.4 is 0 Å². The average Bonchev–Trinajstić information content (AvgIpc) is 2.46. The third-order valence-corrected chi connectivity index (χ3v) is 3.34. The predicted molar refractivity (Wildman–Crippen MR) is 81.5 cm³/mol. The van der Waals surface area contributed by atoms with Crippen molar-refractivity contribution < 1.29 is 9.53 Å². The standard InChI is InChI=1S/C16H14Cl2O2/c17-14-7-3-12(4-8-14)2-1-11-20-16(19)13-5-9-15(18)10-6-13/h3-10H,1-2,11H2. The Kier molecular flexibility index (Phi) is 5.45. The van der Waals surface area contributed by atoms with E-state index >= 15 is 0 Å². The zero-order valence-corrected chi connectivity index (χ0v) is 12.3. The Morgan fingerprint density at radius 1 is 0.900 bits per heavy atom. The lowest BCUT2D eigenvalue weighted by Crippen LogP contribution is -2.06. The molecule has 0 unspecified atom stereocenters. The largest absolute Gasteiger partial charge is 0.462 e. The normalized spacial score (nSPS) is 10.3. The lowest BCUT2D eigenvalue weighted by atomic mass is 10.1. The molecule has 2 rings (SSSR count). The minimum Gasteiger partial charge on any atom is -0.462 e. The molecule has 0 fully saturated rings. The molecule has 0 amide bonds. The highest BCUT2D eigenvalue weighted by molar-refractivity contribution is 6.30. The van der Waals surface area contributed by atoms with Gasteiger partial charge in [-0.3, -0.25) is 0 Å². The highest BCUT2D eigenvalue weighted by Gasteiger charge is 2.06. The molecule has 0 aromatic heterocycles. The van der Waals surface area contributed by atoms with Gasteiger partial charge >= 0.3 is 5.97 Å². The maximum atomic E-state index is 11.7. The van der Waals surface area contributed by atoms with Gasteiger partial charge in [0, 0.05) is 10.0 Å². The van der Waals surface area contributed by atoms with E-state index in [0.29, 0.717) is 17.2 Å². The highest BCUT2D eigenvalue weighted by atomic mass is 35.5. The summed E-state index contributed by atoms with van der Waals surface area (Å²) in [5.41, 5.74) is 1.69. The van der Waals surface area contributed by atoms with E-state index in [0.717, 1.165) is 17.9 Å². The van der Waals surface area contributed by atoms with Gasteiger partial charge in [-0.25, -0.2) is 4.79 Å². The van der Waals surface area contributed by atoms with Gasteiger partial charge in [-0.05, 0) is 54.8 Å². The summed E-state index contributed by atoms with van der Waals surface area (Å²) in [6.45, 7) is 0.393. The molecule has 0 saturated carbocycles. The summed E-state index contributed by atoms with van der Waals surface area (Å²) in [6.07, 6.45) is 1.63. The second-order valence-corrected chi connectivity index (χ2v) is 5.25. The number of esters is 1. The van der Waals surface area contributed by atoms with Crippen LogP contribution in [0.5, 0.6) is 0 Å². The molecule has 0 saturated heterocycles. The molecule has 0 aliphatic carbocycles. The highest BCUT2D eigenvalue weighted by Crippen LogP contribution is 2.12. The molecule has 2 aromatic rings. The van der Waals surface area contributed by atoms with E-state index in [1.165, 1.54) is 5.56 Å². The number of halogens is 2. The van der Waals surface area contributed by atoms with Crippen molar-refractivity contribution in [1.82, 2.24) is 0 Å². The third kappa shape index (κ3) is 4.55. The van der Waals surface area contributed by atoms with Crippen LogP contribution in [0, 0.1) is 0 Å². The zero-order chi connectivity index (χ0) is 14.4. The maximum Gasteiger partial charge on any atom is 0.338 e. The number of rotatable bonds is 5. The van der Waals surface area contributed by atoms with Gasteiger partial charge < -0.3 is 4.74 Å². The Labute approximate surface area is 128 Å². The van der Waals surface area contributed by atoms with Crippen LogP contribution in [0.4, 0.5) is 0 Å². The van der Waals surface area contributed by atoms with Gasteiger partial charge in [0.25, 0.3) is 0 Å². The summed E-state index contributed by atoms with van der Waals surface area (Å²) >= 11 is 11.6. The molecule has 0 bridgehead atoms. The number of hydrogen-bond acceptors (Lipinski definition) is 2. The van der Waals surface area contributed by atoms with Gasteiger partial charge in [-0.15, -0.1) is 0 Å². The van der Waals surface area contributed by atoms with E-state index in [1.807, 2.05) is 24.3 Å². The third-order valence-electron chi connectivity index (χ3n) is 2.84. The van der Waals surface area contributed by atoms with Crippen LogP contribution in [0.2, 0.25) is 10.0 Å². The topological polar surface area (TPSA) is 26.3 Å². The summed E-state index contributed by atoms with van der Waals surface area (Å²) in [4.78, 5) is 11.7. The summed E-state index contributed by atoms with van der Waals surface area (Å²) < 4.78 is 5.21. The number of ether oxygens (including phenoxy) is 1. The maximum absolute atomic E-state index is 11.7. The molecule has 2 nitrogen and oxygen atoms in total. The van der Waals surface area contributed by atoms with E-state index in [2.05, 4.69) is 0 Å². The zero-order valence-electron chi connectivity index (χ0n) is 10.8. The molecular weight excluding hydrogens is 295 g/mol. The molecule has 0 aliphatic heterocycles. The van der Waals surface area contributed by atoms with Crippen LogP contribution in [-0.4, -0.2) is 12.6 Å². The van der Waals surface area contributed by atoms with Crippen LogP contribution in [0.1, 0.15) is 22.3 Å². The van der Waals surface area contributed by atoms with Crippen LogP contribution >= 0.6 is 23.2 Å². The number of carbonyl (C=O) groups excluding carboxylic acids is 1. The summed E-state index contributed by atoms with van der Waals surface area (Å²) in [5.74, 6) is -0.322. The average molecular weight is 309 g/mol. The summed E-state index contributed by atoms with van der Waals surface area (Å²) in [5, 5.41) is 1.33. The van der Waals surface area contributed by atoms with Crippen molar-refractivity contribution in [2.45, 2.75) is 12.8 Å². The van der Waals surface area contributed by atoms with Crippen LogP contribution in [0.25, 0.3) is 0 Å². The van der Waals surface area contributed by atoms with E-state index in [9.17, 15) is 4.79 Å². The Morgan fingerprint density at radius 2 is 1.45 bits per heavy atom. The van der Waals surface area contributed by atoms with Crippen LogP contribution in [0.3, 0.4) is 0 Å². The molecule has 0 spiro atoms. The van der Waals surface area contributed by atoms with Crippen molar-refractivity contribution in [1.29, 1.82) is 0 Å². The first-order chi connectivity index (χ1) is 9.65. The van der Waals surface area contributed by atoms with Crippen LogP contribution in [0.15, 0.2) is 48.5 Å². The molecule has 2 aromatic carbocycles. The minimum atomic E-state index is -0.322. The molecule has 20 heavy (non-hydrogen) atoms. The number of benzene rings is 2. The molecular formula is C16H14Cl2O2. The van der Waals surface area contributed by atoms with Crippen LogP contribution in [-0.2, 0) is 11.2 Å². The van der Waals surface area contributed by atoms with Gasteiger partial charge in [0.15, 0.2) is 0 Å². The van der Waals surface area contributed by atoms with E-state index < -0.39 is 0 Å². The molecule has 0 radical (unpaired) electrons. The molecule has 0 atom stereocenters.